The molecule has 0 bridgehead atoms. The van der Waals surface area contributed by atoms with Gasteiger partial charge in [-0.2, -0.15) is 0 Å². The van der Waals surface area contributed by atoms with Crippen LogP contribution in [0.2, 0.25) is 0 Å². The standard InChI is InChI=1S/C82H64N2O3/c1-81(2,3)53-33-37-55(38-34-53)83(58-42-45-74-68(48-58)61-26-15-18-30-71(61)85-74)57-41-44-64-67(47-57)60-25-13-14-28-63(60)78(76(64)52-23-11-8-12-24-52)79-66(51-21-9-7-10-22-51)50-70(77-65-29-17-20-32-73(65)87-80(77)79)84(56-39-35-54(36-40-56)82(4,5)6)59-43-46-75-69(49-59)62-27-16-19-31-72(62)86-75/h7-50,61,71H,1-6H3. The predicted molar refractivity (Wildman–Crippen MR) is 365 cm³/mol. The smallest absolute Gasteiger partial charge is 0.146 e. The Morgan fingerprint density at radius 3 is 1.57 bits per heavy atom. The minimum atomic E-state index is -0.0424. The van der Waals surface area contributed by atoms with Gasteiger partial charge in [0.05, 0.1) is 11.1 Å². The van der Waals surface area contributed by atoms with E-state index in [2.05, 4.69) is 312 Å². The number of ether oxygens (including phenoxy) is 1. The summed E-state index contributed by atoms with van der Waals surface area (Å²) in [6.45, 7) is 13.7. The third kappa shape index (κ3) is 8.74. The lowest BCUT2D eigenvalue weighted by molar-refractivity contribution is 0.269. The van der Waals surface area contributed by atoms with Crippen LogP contribution in [-0.2, 0) is 10.8 Å². The Labute approximate surface area is 507 Å². The van der Waals surface area contributed by atoms with Gasteiger partial charge in [0.25, 0.3) is 0 Å². The molecule has 87 heavy (non-hydrogen) atoms. The molecular formula is C82H64N2O3. The number of hydrogen-bond donors (Lipinski definition) is 0. The van der Waals surface area contributed by atoms with Crippen molar-refractivity contribution < 1.29 is 13.6 Å². The number of para-hydroxylation sites is 2. The van der Waals surface area contributed by atoms with Crippen molar-refractivity contribution in [3.8, 4) is 39.1 Å². The van der Waals surface area contributed by atoms with E-state index >= 15 is 0 Å². The predicted octanol–water partition coefficient (Wildman–Crippen LogP) is 23.3. The lowest BCUT2D eigenvalue weighted by Gasteiger charge is -2.30. The van der Waals surface area contributed by atoms with E-state index < -0.39 is 0 Å². The van der Waals surface area contributed by atoms with E-state index in [1.165, 1.54) is 16.7 Å². The molecule has 0 N–H and O–H groups in total. The Hall–Kier alpha value is -10.4. The van der Waals surface area contributed by atoms with Gasteiger partial charge in [0.2, 0.25) is 0 Å². The van der Waals surface area contributed by atoms with Crippen molar-refractivity contribution in [3.05, 3.63) is 284 Å². The van der Waals surface area contributed by atoms with Gasteiger partial charge in [-0.1, -0.05) is 211 Å². The number of anilines is 6. The summed E-state index contributed by atoms with van der Waals surface area (Å²) in [7, 11) is 0. The number of hydrogen-bond acceptors (Lipinski definition) is 5. The molecule has 2 atom stereocenters. The zero-order valence-electron chi connectivity index (χ0n) is 49.7. The molecule has 0 saturated carbocycles. The Morgan fingerprint density at radius 1 is 0.356 bits per heavy atom. The van der Waals surface area contributed by atoms with Gasteiger partial charge in [0, 0.05) is 67.2 Å². The second-order valence-electron chi connectivity index (χ2n) is 25.5. The van der Waals surface area contributed by atoms with Gasteiger partial charge >= 0.3 is 0 Å². The first-order chi connectivity index (χ1) is 42.4. The maximum Gasteiger partial charge on any atom is 0.146 e. The summed E-state index contributed by atoms with van der Waals surface area (Å²) in [6, 6.07) is 88.9. The summed E-state index contributed by atoms with van der Waals surface area (Å²) in [4.78, 5) is 4.86. The van der Waals surface area contributed by atoms with Crippen molar-refractivity contribution in [3.63, 3.8) is 0 Å². The van der Waals surface area contributed by atoms with Crippen LogP contribution in [0.15, 0.2) is 276 Å². The van der Waals surface area contributed by atoms with Crippen LogP contribution in [0.3, 0.4) is 0 Å². The van der Waals surface area contributed by atoms with Crippen LogP contribution in [-0.4, -0.2) is 6.10 Å². The van der Waals surface area contributed by atoms with Gasteiger partial charge < -0.3 is 23.4 Å². The summed E-state index contributed by atoms with van der Waals surface area (Å²) in [6.07, 6.45) is 8.66. The SMILES string of the molecule is CC(C)(C)c1ccc(N(c2ccc3c(c2)C2C=CC=CC2O3)c2ccc3c(-c4ccccc4)c(-c4c(-c5ccccc5)cc(N(c5ccc(C(C)(C)C)cc5)c5ccc6oc7ccccc7c6c5)c5c4oc4ccccc45)c4ccccc4c3c2)cc1. The quantitative estimate of drug-likeness (QED) is 0.135. The molecule has 5 nitrogen and oxygen atoms in total. The van der Waals surface area contributed by atoms with Crippen LogP contribution in [0.5, 0.6) is 5.75 Å². The highest BCUT2D eigenvalue weighted by atomic mass is 16.5. The number of nitrogens with zero attached hydrogens (tertiary/aromatic N) is 2. The van der Waals surface area contributed by atoms with Crippen molar-refractivity contribution in [2.24, 2.45) is 0 Å². The highest BCUT2D eigenvalue weighted by molar-refractivity contribution is 6.28. The van der Waals surface area contributed by atoms with Crippen LogP contribution >= 0.6 is 0 Å². The number of rotatable bonds is 9. The second-order valence-corrected chi connectivity index (χ2v) is 25.5. The molecule has 3 heterocycles. The average molecular weight is 1130 g/mol. The fraction of sp³-hybridized carbons (Fsp3) is 0.122. The van der Waals surface area contributed by atoms with Crippen molar-refractivity contribution in [1.29, 1.82) is 0 Å². The van der Waals surface area contributed by atoms with Gasteiger partial charge in [-0.15, -0.1) is 0 Å². The largest absolute Gasteiger partial charge is 0.485 e. The van der Waals surface area contributed by atoms with Crippen molar-refractivity contribution in [1.82, 2.24) is 0 Å². The van der Waals surface area contributed by atoms with E-state index in [0.717, 1.165) is 139 Å². The lowest BCUT2D eigenvalue weighted by atomic mass is 9.81. The number of allylic oxidation sites excluding steroid dienone is 2. The van der Waals surface area contributed by atoms with Gasteiger partial charge in [-0.3, -0.25) is 0 Å². The molecule has 12 aromatic carbocycles. The highest BCUT2D eigenvalue weighted by Crippen LogP contribution is 2.56. The number of fused-ring (bicyclic) bond motifs is 12. The van der Waals surface area contributed by atoms with E-state index in [0.29, 0.717) is 0 Å². The van der Waals surface area contributed by atoms with Gasteiger partial charge in [0.1, 0.15) is 34.2 Å². The molecule has 0 spiro atoms. The zero-order valence-corrected chi connectivity index (χ0v) is 49.7. The van der Waals surface area contributed by atoms with Gasteiger partial charge in [0.15, 0.2) is 0 Å². The fourth-order valence-electron chi connectivity index (χ4n) is 13.7. The Balaban J connectivity index is 0.990. The number of furan rings is 2. The first-order valence-corrected chi connectivity index (χ1v) is 30.4. The summed E-state index contributed by atoms with van der Waals surface area (Å²) >= 11 is 0. The minimum Gasteiger partial charge on any atom is -0.485 e. The van der Waals surface area contributed by atoms with E-state index in [1.807, 2.05) is 6.07 Å². The van der Waals surface area contributed by atoms with E-state index in [1.54, 1.807) is 0 Å². The molecular weight excluding hydrogens is 1060 g/mol. The third-order valence-electron chi connectivity index (χ3n) is 18.1. The maximum atomic E-state index is 7.57. The molecule has 1 aliphatic carbocycles. The summed E-state index contributed by atoms with van der Waals surface area (Å²) < 4.78 is 20.6. The molecule has 0 fully saturated rings. The van der Waals surface area contributed by atoms with Crippen LogP contribution in [0.1, 0.15) is 64.2 Å². The van der Waals surface area contributed by atoms with Crippen molar-refractivity contribution in [2.75, 3.05) is 9.80 Å². The monoisotopic (exact) mass is 1120 g/mol. The molecule has 2 aliphatic rings. The molecule has 0 saturated heterocycles. The molecule has 420 valence electrons. The molecule has 14 aromatic rings. The lowest BCUT2D eigenvalue weighted by Crippen LogP contribution is -2.15. The maximum absolute atomic E-state index is 7.57. The fourth-order valence-corrected chi connectivity index (χ4v) is 13.7. The van der Waals surface area contributed by atoms with E-state index in [9.17, 15) is 0 Å². The summed E-state index contributed by atoms with van der Waals surface area (Å²) in [5.74, 6) is 1.08. The molecule has 2 unspecified atom stereocenters. The molecule has 16 rings (SSSR count). The average Bonchev–Trinajstić information content (AvgIpc) is 1.81. The third-order valence-corrected chi connectivity index (χ3v) is 18.1. The molecule has 0 amide bonds. The van der Waals surface area contributed by atoms with Crippen LogP contribution in [0.25, 0.3) is 98.8 Å². The normalized spacial score (nSPS) is 14.8. The van der Waals surface area contributed by atoms with Crippen LogP contribution in [0.4, 0.5) is 34.1 Å². The molecule has 2 aromatic heterocycles. The Bertz CT molecular complexity index is 5090. The summed E-state index contributed by atoms with van der Waals surface area (Å²) in [5.41, 5.74) is 19.8. The van der Waals surface area contributed by atoms with Crippen LogP contribution < -0.4 is 14.5 Å². The molecule has 5 heteroatoms. The topological polar surface area (TPSA) is 42.0 Å². The van der Waals surface area contributed by atoms with E-state index in [4.69, 9.17) is 13.6 Å². The van der Waals surface area contributed by atoms with Crippen molar-refractivity contribution >= 4 is 99.5 Å². The first-order valence-electron chi connectivity index (χ1n) is 30.4. The number of benzene rings is 12. The summed E-state index contributed by atoms with van der Waals surface area (Å²) in [5, 5.41) is 8.75. The van der Waals surface area contributed by atoms with Crippen LogP contribution in [0, 0.1) is 0 Å². The highest BCUT2D eigenvalue weighted by Gasteiger charge is 2.34. The minimum absolute atomic E-state index is 0.00478. The molecule has 0 radical (unpaired) electrons. The van der Waals surface area contributed by atoms with Gasteiger partial charge in [-0.05, 0) is 163 Å². The Kier molecular flexibility index (Phi) is 12.1. The van der Waals surface area contributed by atoms with E-state index in [-0.39, 0.29) is 22.9 Å². The Morgan fingerprint density at radius 2 is 0.874 bits per heavy atom. The van der Waals surface area contributed by atoms with Gasteiger partial charge in [-0.25, -0.2) is 0 Å². The first kappa shape index (κ1) is 52.2. The molecule has 1 aliphatic heterocycles. The second kappa shape index (κ2) is 20.1. The zero-order chi connectivity index (χ0) is 58.7. The van der Waals surface area contributed by atoms with Crippen molar-refractivity contribution in [2.45, 2.75) is 64.4 Å².